The lowest BCUT2D eigenvalue weighted by Crippen LogP contribution is -1.84. The van der Waals surface area contributed by atoms with Crippen molar-refractivity contribution in [2.45, 2.75) is 9.79 Å². The maximum Gasteiger partial charge on any atom is 0.0134 e. The fourth-order valence-electron chi connectivity index (χ4n) is 2.88. The van der Waals surface area contributed by atoms with Crippen LogP contribution >= 0.6 is 11.8 Å². The molecule has 0 N–H and O–H groups in total. The molecule has 0 unspecified atom stereocenters. The van der Waals surface area contributed by atoms with Gasteiger partial charge in [0.05, 0.1) is 0 Å². The predicted octanol–water partition coefficient (Wildman–Crippen LogP) is 7.17. The van der Waals surface area contributed by atoms with Crippen LogP contribution in [0.1, 0.15) is 0 Å². The minimum Gasteiger partial charge on any atom is -0.0901 e. The summed E-state index contributed by atoms with van der Waals surface area (Å²) < 4.78 is 0. The molecule has 1 heteroatoms. The Bertz CT molecular complexity index is 887. The molecule has 25 heavy (non-hydrogen) atoms. The lowest BCUT2D eigenvalue weighted by molar-refractivity contribution is 1.40. The van der Waals surface area contributed by atoms with Gasteiger partial charge in [-0.1, -0.05) is 90.6 Å². The van der Waals surface area contributed by atoms with Crippen molar-refractivity contribution in [3.8, 4) is 22.3 Å². The molecule has 0 bridgehead atoms. The lowest BCUT2D eigenvalue weighted by Gasteiger charge is -2.11. The molecule has 0 fully saturated rings. The smallest absolute Gasteiger partial charge is 0.0134 e. The van der Waals surface area contributed by atoms with Gasteiger partial charge in [-0.15, -0.1) is 0 Å². The van der Waals surface area contributed by atoms with Crippen molar-refractivity contribution in [1.29, 1.82) is 0 Å². The molecule has 0 heterocycles. The number of benzene rings is 4. The van der Waals surface area contributed by atoms with E-state index in [0.717, 1.165) is 0 Å². The van der Waals surface area contributed by atoms with Crippen molar-refractivity contribution in [2.75, 3.05) is 0 Å². The molecule has 0 amide bonds. The van der Waals surface area contributed by atoms with Crippen molar-refractivity contribution in [3.05, 3.63) is 109 Å². The molecule has 0 radical (unpaired) electrons. The maximum atomic E-state index is 2.28. The van der Waals surface area contributed by atoms with Crippen LogP contribution in [-0.2, 0) is 0 Å². The molecule has 0 aromatic heterocycles. The molecule has 0 aliphatic carbocycles. The highest BCUT2D eigenvalue weighted by Crippen LogP contribution is 2.35. The topological polar surface area (TPSA) is 0 Å². The van der Waals surface area contributed by atoms with E-state index in [2.05, 4.69) is 109 Å². The highest BCUT2D eigenvalue weighted by atomic mass is 32.2. The van der Waals surface area contributed by atoms with E-state index in [1.165, 1.54) is 32.0 Å². The van der Waals surface area contributed by atoms with Gasteiger partial charge >= 0.3 is 0 Å². The molecule has 4 aromatic carbocycles. The highest BCUT2D eigenvalue weighted by molar-refractivity contribution is 7.99. The summed E-state index contributed by atoms with van der Waals surface area (Å²) in [7, 11) is 0. The number of hydrogen-bond donors (Lipinski definition) is 0. The van der Waals surface area contributed by atoms with E-state index < -0.39 is 0 Å². The highest BCUT2D eigenvalue weighted by Gasteiger charge is 2.06. The SMILES string of the molecule is c1ccc(Sc2cc(-c3ccccc3)cc(-c3ccccc3)c2)cc1. The van der Waals surface area contributed by atoms with Gasteiger partial charge in [-0.25, -0.2) is 0 Å². The first-order valence-corrected chi connectivity index (χ1v) is 9.19. The zero-order chi connectivity index (χ0) is 16.9. The Hall–Kier alpha value is -2.77. The van der Waals surface area contributed by atoms with Gasteiger partial charge in [0.2, 0.25) is 0 Å². The summed E-state index contributed by atoms with van der Waals surface area (Å²) in [5, 5.41) is 0. The minimum atomic E-state index is 1.25. The van der Waals surface area contributed by atoms with Crippen molar-refractivity contribution in [1.82, 2.24) is 0 Å². The fourth-order valence-corrected chi connectivity index (χ4v) is 3.81. The average molecular weight is 338 g/mol. The summed E-state index contributed by atoms with van der Waals surface area (Å²) in [5.41, 5.74) is 4.99. The van der Waals surface area contributed by atoms with Crippen molar-refractivity contribution in [3.63, 3.8) is 0 Å². The molecule has 0 spiro atoms. The van der Waals surface area contributed by atoms with E-state index in [0.29, 0.717) is 0 Å². The summed E-state index contributed by atoms with van der Waals surface area (Å²) in [4.78, 5) is 2.51. The van der Waals surface area contributed by atoms with Crippen LogP contribution in [0.25, 0.3) is 22.3 Å². The van der Waals surface area contributed by atoms with Gasteiger partial charge in [-0.2, -0.15) is 0 Å². The Morgan fingerprint density at radius 1 is 0.360 bits per heavy atom. The second-order valence-corrected chi connectivity index (χ2v) is 7.04. The third-order valence-corrected chi connectivity index (χ3v) is 5.08. The van der Waals surface area contributed by atoms with E-state index in [-0.39, 0.29) is 0 Å². The minimum absolute atomic E-state index is 1.25. The normalized spacial score (nSPS) is 10.6. The van der Waals surface area contributed by atoms with Crippen molar-refractivity contribution < 1.29 is 0 Å². The molecule has 0 aliphatic heterocycles. The van der Waals surface area contributed by atoms with Crippen LogP contribution in [0, 0.1) is 0 Å². The summed E-state index contributed by atoms with van der Waals surface area (Å²) >= 11 is 1.81. The first kappa shape index (κ1) is 15.7. The maximum absolute atomic E-state index is 2.28. The average Bonchev–Trinajstić information content (AvgIpc) is 2.70. The monoisotopic (exact) mass is 338 g/mol. The third-order valence-electron chi connectivity index (χ3n) is 4.10. The van der Waals surface area contributed by atoms with E-state index in [1.807, 2.05) is 0 Å². The van der Waals surface area contributed by atoms with Gasteiger partial charge in [0.25, 0.3) is 0 Å². The molecule has 0 saturated heterocycles. The Morgan fingerprint density at radius 2 is 0.800 bits per heavy atom. The van der Waals surface area contributed by atoms with Crippen molar-refractivity contribution in [2.24, 2.45) is 0 Å². The second-order valence-electron chi connectivity index (χ2n) is 5.89. The molecule has 0 atom stereocenters. The Morgan fingerprint density at radius 3 is 1.28 bits per heavy atom. The van der Waals surface area contributed by atoms with Gasteiger partial charge in [0.15, 0.2) is 0 Å². The number of hydrogen-bond acceptors (Lipinski definition) is 1. The number of rotatable bonds is 4. The predicted molar refractivity (Wildman–Crippen MR) is 108 cm³/mol. The molecule has 0 saturated carbocycles. The summed E-state index contributed by atoms with van der Waals surface area (Å²) in [5.74, 6) is 0. The van der Waals surface area contributed by atoms with Gasteiger partial charge in [0, 0.05) is 9.79 Å². The van der Waals surface area contributed by atoms with Crippen LogP contribution < -0.4 is 0 Å². The Balaban J connectivity index is 1.80. The second kappa shape index (κ2) is 7.42. The molecular formula is C24H18S. The lowest BCUT2D eigenvalue weighted by atomic mass is 9.99. The van der Waals surface area contributed by atoms with E-state index in [1.54, 1.807) is 11.8 Å². The molecule has 4 rings (SSSR count). The van der Waals surface area contributed by atoms with Crippen LogP contribution in [0.5, 0.6) is 0 Å². The first-order chi connectivity index (χ1) is 12.4. The Kier molecular flexibility index (Phi) is 4.67. The first-order valence-electron chi connectivity index (χ1n) is 8.37. The van der Waals surface area contributed by atoms with Gasteiger partial charge in [0.1, 0.15) is 0 Å². The zero-order valence-electron chi connectivity index (χ0n) is 13.8. The molecular weight excluding hydrogens is 320 g/mol. The van der Waals surface area contributed by atoms with Crippen LogP contribution in [0.4, 0.5) is 0 Å². The quantitative estimate of drug-likeness (QED) is 0.380. The van der Waals surface area contributed by atoms with Gasteiger partial charge in [-0.05, 0) is 52.6 Å². The summed E-state index contributed by atoms with van der Waals surface area (Å²) in [6, 6.07) is 38.5. The standard InChI is InChI=1S/C24H18S/c1-4-10-19(11-5-1)21-16-22(20-12-6-2-7-13-20)18-24(17-21)25-23-14-8-3-9-15-23/h1-18H. The Labute approximate surface area is 153 Å². The molecule has 0 aliphatic rings. The summed E-state index contributed by atoms with van der Waals surface area (Å²) in [6.45, 7) is 0. The van der Waals surface area contributed by atoms with Crippen LogP contribution in [-0.4, -0.2) is 0 Å². The van der Waals surface area contributed by atoms with Crippen LogP contribution in [0.3, 0.4) is 0 Å². The molecule has 4 aromatic rings. The van der Waals surface area contributed by atoms with E-state index in [9.17, 15) is 0 Å². The van der Waals surface area contributed by atoms with Gasteiger partial charge in [-0.3, -0.25) is 0 Å². The fraction of sp³-hybridized carbons (Fsp3) is 0. The van der Waals surface area contributed by atoms with Crippen molar-refractivity contribution >= 4 is 11.8 Å². The molecule has 0 nitrogen and oxygen atoms in total. The zero-order valence-corrected chi connectivity index (χ0v) is 14.6. The third kappa shape index (κ3) is 3.84. The van der Waals surface area contributed by atoms with Gasteiger partial charge < -0.3 is 0 Å². The van der Waals surface area contributed by atoms with E-state index >= 15 is 0 Å². The van der Waals surface area contributed by atoms with E-state index in [4.69, 9.17) is 0 Å². The largest absolute Gasteiger partial charge is 0.0901 e. The van der Waals surface area contributed by atoms with Crippen LogP contribution in [0.15, 0.2) is 119 Å². The van der Waals surface area contributed by atoms with Crippen LogP contribution in [0.2, 0.25) is 0 Å². The molecule has 120 valence electrons. The summed E-state index contributed by atoms with van der Waals surface area (Å²) in [6.07, 6.45) is 0.